The number of rotatable bonds is 25. The number of carbonyl (C=O) groups excluding carboxylic acids is 6. The van der Waals surface area contributed by atoms with Gasteiger partial charge in [-0.15, -0.1) is 0 Å². The van der Waals surface area contributed by atoms with Gasteiger partial charge in [0.1, 0.15) is 36.0 Å². The summed E-state index contributed by atoms with van der Waals surface area (Å²) in [5.74, 6) is -5.91. The van der Waals surface area contributed by atoms with Crippen molar-refractivity contribution in [3.05, 3.63) is 65.7 Å². The van der Waals surface area contributed by atoms with Crippen LogP contribution in [0.2, 0.25) is 0 Å². The van der Waals surface area contributed by atoms with Crippen molar-refractivity contribution in [3.63, 3.8) is 0 Å². The maximum atomic E-state index is 13.7. The van der Waals surface area contributed by atoms with Gasteiger partial charge >= 0.3 is 5.97 Å². The Balaban J connectivity index is 1.99. The Labute approximate surface area is 354 Å². The van der Waals surface area contributed by atoms with Crippen molar-refractivity contribution in [3.8, 4) is 5.75 Å². The fourth-order valence-electron chi connectivity index (χ4n) is 5.66. The van der Waals surface area contributed by atoms with Crippen LogP contribution in [0.25, 0.3) is 0 Å². The fraction of sp³-hybridized carbons (Fsp3) is 0.500. The lowest BCUT2D eigenvalue weighted by atomic mass is 10.0. The van der Waals surface area contributed by atoms with Gasteiger partial charge < -0.3 is 64.0 Å². The zero-order chi connectivity index (χ0) is 44.9. The number of amides is 6. The molecule has 20 heteroatoms. The second-order valence-electron chi connectivity index (χ2n) is 14.6. The molecule has 60 heavy (non-hydrogen) atoms. The molecule has 19 nitrogen and oxygen atoms in total. The van der Waals surface area contributed by atoms with Crippen molar-refractivity contribution in [1.29, 1.82) is 0 Å². The first-order valence-electron chi connectivity index (χ1n) is 19.6. The number of nitrogens with one attached hydrogen (secondary N) is 7. The molecule has 0 radical (unpaired) electrons. The third-order valence-electron chi connectivity index (χ3n) is 9.21. The van der Waals surface area contributed by atoms with Gasteiger partial charge in [-0.25, -0.2) is 4.79 Å². The molecule has 0 saturated heterocycles. The lowest BCUT2D eigenvalue weighted by molar-refractivity contribution is -0.141. The molecule has 0 heterocycles. The molecule has 2 aromatic carbocycles. The zero-order valence-electron chi connectivity index (χ0n) is 34.2. The second kappa shape index (κ2) is 25.7. The van der Waals surface area contributed by atoms with Gasteiger partial charge in [0.2, 0.25) is 35.4 Å². The number of carboxylic acid groups (broad SMARTS) is 1. The highest BCUT2D eigenvalue weighted by atomic mass is 32.1. The number of aromatic hydroxyl groups is 1. The van der Waals surface area contributed by atoms with Gasteiger partial charge in [-0.2, -0.15) is 0 Å². The van der Waals surface area contributed by atoms with E-state index in [1.807, 2.05) is 0 Å². The van der Waals surface area contributed by atoms with E-state index in [0.717, 1.165) is 0 Å². The molecule has 14 N–H and O–H groups in total. The first-order valence-corrected chi connectivity index (χ1v) is 20.0. The van der Waals surface area contributed by atoms with Gasteiger partial charge in [0, 0.05) is 6.42 Å². The molecule has 0 unspecified atom stereocenters. The summed E-state index contributed by atoms with van der Waals surface area (Å²) >= 11 is 5.51. The van der Waals surface area contributed by atoms with Crippen LogP contribution in [0.5, 0.6) is 5.75 Å². The normalized spacial score (nSPS) is 14.5. The van der Waals surface area contributed by atoms with E-state index in [2.05, 4.69) is 37.2 Å². The number of thiocarbonyl (C=S) groups is 1. The third kappa shape index (κ3) is 17.7. The first-order chi connectivity index (χ1) is 28.4. The predicted molar refractivity (Wildman–Crippen MR) is 226 cm³/mol. The van der Waals surface area contributed by atoms with E-state index in [9.17, 15) is 48.9 Å². The number of aliphatic hydroxyl groups excluding tert-OH is 1. The molecular formula is C40H59N9O10S. The van der Waals surface area contributed by atoms with E-state index in [-0.39, 0.29) is 30.0 Å². The summed E-state index contributed by atoms with van der Waals surface area (Å²) in [6.45, 7) is 5.33. The van der Waals surface area contributed by atoms with Crippen LogP contribution in [0.4, 0.5) is 0 Å². The molecule has 0 saturated carbocycles. The number of nitrogens with two attached hydrogens (primary N) is 2. The molecule has 0 aliphatic carbocycles. The minimum Gasteiger partial charge on any atom is -0.508 e. The van der Waals surface area contributed by atoms with Gasteiger partial charge in [0.15, 0.2) is 0 Å². The minimum atomic E-state index is -1.38. The lowest BCUT2D eigenvalue weighted by Gasteiger charge is -2.28. The molecule has 0 bridgehead atoms. The smallest absolute Gasteiger partial charge is 0.326 e. The number of hydrogen-bond donors (Lipinski definition) is 12. The zero-order valence-corrected chi connectivity index (χ0v) is 35.1. The van der Waals surface area contributed by atoms with E-state index >= 15 is 0 Å². The molecule has 0 aromatic heterocycles. The van der Waals surface area contributed by atoms with Crippen molar-refractivity contribution in [2.75, 3.05) is 19.7 Å². The topological polar surface area (TPSA) is 316 Å². The summed E-state index contributed by atoms with van der Waals surface area (Å²) in [5.41, 5.74) is 13.0. The third-order valence-corrected chi connectivity index (χ3v) is 9.69. The molecule has 0 fully saturated rings. The van der Waals surface area contributed by atoms with Crippen LogP contribution in [-0.4, -0.2) is 124 Å². The summed E-state index contributed by atoms with van der Waals surface area (Å²) in [6.07, 6.45) is 1.44. The number of benzene rings is 2. The van der Waals surface area contributed by atoms with Crippen LogP contribution in [0, 0.1) is 5.92 Å². The molecule has 2 rings (SSSR count). The molecule has 6 amide bonds. The van der Waals surface area contributed by atoms with Gasteiger partial charge in [0.05, 0.1) is 30.2 Å². The SMILES string of the molecule is CC(C)[C@H](NC(=O)[C@H](CCCCN)NC(=S)[C@H](C)NC(=O)[C@H](CO)NC(=O)[C@@H](N)Cc1ccc(O)cc1)C(=O)N[C@@H](C)C(=O)NCC(=O)N[C@@H](Cc1ccccc1)C(=O)O. The van der Waals surface area contributed by atoms with Crippen molar-refractivity contribution in [2.45, 2.75) is 102 Å². The number of hydrogen-bond acceptors (Lipinski definition) is 12. The van der Waals surface area contributed by atoms with E-state index < -0.39 is 103 Å². The summed E-state index contributed by atoms with van der Waals surface area (Å²) in [5, 5.41) is 46.9. The molecule has 2 aromatic rings. The van der Waals surface area contributed by atoms with Crippen LogP contribution in [0.1, 0.15) is 58.1 Å². The molecule has 0 aliphatic heterocycles. The Bertz CT molecular complexity index is 1770. The van der Waals surface area contributed by atoms with Crippen molar-refractivity contribution < 1.29 is 48.9 Å². The summed E-state index contributed by atoms with van der Waals surface area (Å²) < 4.78 is 0. The van der Waals surface area contributed by atoms with Crippen LogP contribution in [-0.2, 0) is 46.4 Å². The van der Waals surface area contributed by atoms with Crippen molar-refractivity contribution in [2.24, 2.45) is 17.4 Å². The number of aliphatic hydroxyl groups is 1. The highest BCUT2D eigenvalue weighted by molar-refractivity contribution is 7.80. The fourth-order valence-corrected chi connectivity index (χ4v) is 5.86. The van der Waals surface area contributed by atoms with Crippen molar-refractivity contribution in [1.82, 2.24) is 37.2 Å². The average Bonchev–Trinajstić information content (AvgIpc) is 3.20. The number of carboxylic acids is 1. The Morgan fingerprint density at radius 1 is 0.667 bits per heavy atom. The Morgan fingerprint density at radius 2 is 1.27 bits per heavy atom. The van der Waals surface area contributed by atoms with Gasteiger partial charge in [-0.1, -0.05) is 68.5 Å². The van der Waals surface area contributed by atoms with Crippen LogP contribution in [0.3, 0.4) is 0 Å². The minimum absolute atomic E-state index is 0.0303. The number of carbonyl (C=O) groups is 7. The molecular weight excluding hydrogens is 799 g/mol. The number of unbranched alkanes of at least 4 members (excludes halogenated alkanes) is 1. The highest BCUT2D eigenvalue weighted by Crippen LogP contribution is 2.12. The predicted octanol–water partition coefficient (Wildman–Crippen LogP) is -1.77. The Hall–Kier alpha value is -5.70. The van der Waals surface area contributed by atoms with Gasteiger partial charge in [-0.05, 0) is 75.3 Å². The first kappa shape index (κ1) is 50.4. The van der Waals surface area contributed by atoms with Crippen LogP contribution in [0.15, 0.2) is 54.6 Å². The number of aliphatic carboxylic acids is 1. The Morgan fingerprint density at radius 3 is 1.85 bits per heavy atom. The van der Waals surface area contributed by atoms with Gasteiger partial charge in [-0.3, -0.25) is 28.8 Å². The second-order valence-corrected chi connectivity index (χ2v) is 15.1. The number of phenolic OH excluding ortho intramolecular Hbond substituents is 1. The van der Waals surface area contributed by atoms with Crippen molar-refractivity contribution >= 4 is 58.6 Å². The summed E-state index contributed by atoms with van der Waals surface area (Å²) in [6, 6.07) is 6.96. The lowest BCUT2D eigenvalue weighted by Crippen LogP contribution is -2.59. The van der Waals surface area contributed by atoms with E-state index in [4.69, 9.17) is 23.7 Å². The quantitative estimate of drug-likeness (QED) is 0.0389. The number of phenols is 1. The summed E-state index contributed by atoms with van der Waals surface area (Å²) in [7, 11) is 0. The van der Waals surface area contributed by atoms with E-state index in [1.54, 1.807) is 56.3 Å². The summed E-state index contributed by atoms with van der Waals surface area (Å²) in [4.78, 5) is 89.9. The highest BCUT2D eigenvalue weighted by Gasteiger charge is 2.31. The maximum absolute atomic E-state index is 13.7. The molecule has 330 valence electrons. The van der Waals surface area contributed by atoms with Crippen LogP contribution < -0.4 is 48.7 Å². The van der Waals surface area contributed by atoms with E-state index in [1.165, 1.54) is 26.0 Å². The molecule has 0 spiro atoms. The molecule has 0 aliphatic rings. The maximum Gasteiger partial charge on any atom is 0.326 e. The van der Waals surface area contributed by atoms with E-state index in [0.29, 0.717) is 30.5 Å². The van der Waals surface area contributed by atoms with Crippen LogP contribution >= 0.6 is 12.2 Å². The molecule has 7 atom stereocenters. The average molecular weight is 858 g/mol. The standard InChI is InChI=1S/C40H59N9O10S/c1-22(2)33(38(57)44-23(3)34(53)43-20-32(52)46-30(40(58)59)19-25-10-6-5-7-11-25)49-36(55)29(12-8-9-17-41)48-39(60)24(4)45-37(56)31(21-50)47-35(54)28(42)18-26-13-15-27(51)16-14-26/h5-7,10-11,13-16,22-24,28-31,33,50-51H,8-9,12,17-21,41-42H2,1-4H3,(H,43,53)(H,44,57)(H,45,56)(H,46,52)(H,47,54)(H,48,60)(H,49,55)(H,58,59)/t23-,24-,28-,29-,30-,31-,33-/m0/s1. The Kier molecular flexibility index (Phi) is 21.6. The largest absolute Gasteiger partial charge is 0.508 e. The van der Waals surface area contributed by atoms with Gasteiger partial charge in [0.25, 0.3) is 0 Å². The monoisotopic (exact) mass is 857 g/mol.